The zero-order chi connectivity index (χ0) is 32.7. The van der Waals surface area contributed by atoms with Crippen molar-refractivity contribution in [2.75, 3.05) is 0 Å². The smallest absolute Gasteiger partial charge is 0.307 e. The van der Waals surface area contributed by atoms with Gasteiger partial charge >= 0.3 is 5.97 Å². The van der Waals surface area contributed by atoms with Crippen molar-refractivity contribution >= 4 is 17.3 Å². The first kappa shape index (κ1) is 33.0. The molecule has 0 spiro atoms. The second kappa shape index (κ2) is 11.1. The predicted octanol–water partition coefficient (Wildman–Crippen LogP) is 9.89. The molecule has 0 radical (unpaired) electrons. The van der Waals surface area contributed by atoms with Gasteiger partial charge in [-0.25, -0.2) is 0 Å². The maximum atomic E-state index is 13.4. The van der Waals surface area contributed by atoms with Crippen LogP contribution in [0.3, 0.4) is 0 Å². The molecular weight excluding hydrogens is 577 g/mol. The maximum Gasteiger partial charge on any atom is 0.307 e. The summed E-state index contributed by atoms with van der Waals surface area (Å²) in [5.74, 6) is 0.534. The Bertz CT molecular complexity index is 1450. The fraction of sp³-hybridized carbons (Fsp3) is 0.744. The minimum Gasteiger partial charge on any atom is -0.481 e. The molecular formula is C39H58N2O3S. The first-order valence-corrected chi connectivity index (χ1v) is 18.7. The molecule has 3 fully saturated rings. The molecule has 2 heterocycles. The number of rotatable bonds is 7. The standard InChI is InChI=1S/C39H58N2O3S/c1-10-35(6)31-15-14-26-27(16-18-38(9)32(34(43)44)36(7,25(5)24(3)4)19-20-37(26,38)8)39(31,11-2)23-29(33(35)42)41-28(17-21-40-41)30-13-12-22-45-30/h12-13,16-17,21-22,24-26,29,31-33,42H,10-11,14-15,18-20,23H2,1-9H3,(H,43,44)/t25-,26+,29-,31?,32-,33+,35?,36-,37-,38+,39-/m1/s1. The summed E-state index contributed by atoms with van der Waals surface area (Å²) in [6.45, 7) is 20.9. The molecule has 45 heavy (non-hydrogen) atoms. The number of aliphatic carboxylic acids is 1. The van der Waals surface area contributed by atoms with Gasteiger partial charge < -0.3 is 10.2 Å². The van der Waals surface area contributed by atoms with Gasteiger partial charge in [0, 0.05) is 6.20 Å². The number of carboxylic acids is 1. The summed E-state index contributed by atoms with van der Waals surface area (Å²) < 4.78 is 2.15. The van der Waals surface area contributed by atoms with Crippen LogP contribution in [0.1, 0.15) is 120 Å². The van der Waals surface area contributed by atoms with Crippen LogP contribution in [-0.4, -0.2) is 32.1 Å². The van der Waals surface area contributed by atoms with Gasteiger partial charge in [-0.05, 0) is 120 Å². The van der Waals surface area contributed by atoms with Crippen LogP contribution in [0.15, 0.2) is 41.4 Å². The Morgan fingerprint density at radius 3 is 2.40 bits per heavy atom. The van der Waals surface area contributed by atoms with Crippen molar-refractivity contribution in [3.8, 4) is 10.6 Å². The third kappa shape index (κ3) is 4.32. The van der Waals surface area contributed by atoms with Gasteiger partial charge in [-0.2, -0.15) is 5.10 Å². The van der Waals surface area contributed by atoms with E-state index >= 15 is 0 Å². The number of thiophene rings is 1. The van der Waals surface area contributed by atoms with Crippen molar-refractivity contribution < 1.29 is 15.0 Å². The maximum absolute atomic E-state index is 13.4. The molecule has 3 saturated carbocycles. The van der Waals surface area contributed by atoms with Gasteiger partial charge in [0.05, 0.1) is 28.6 Å². The number of aromatic nitrogens is 2. The van der Waals surface area contributed by atoms with Crippen LogP contribution in [0.25, 0.3) is 10.6 Å². The molecule has 2 aromatic rings. The third-order valence-electron chi connectivity index (χ3n) is 15.5. The van der Waals surface area contributed by atoms with Crippen LogP contribution >= 0.6 is 11.3 Å². The minimum atomic E-state index is -0.603. The largest absolute Gasteiger partial charge is 0.481 e. The van der Waals surface area contributed by atoms with Gasteiger partial charge in [-0.1, -0.05) is 80.0 Å². The van der Waals surface area contributed by atoms with Crippen molar-refractivity contribution in [2.24, 2.45) is 56.7 Å². The van der Waals surface area contributed by atoms with Gasteiger partial charge in [0.25, 0.3) is 0 Å². The zero-order valence-electron chi connectivity index (χ0n) is 29.3. The van der Waals surface area contributed by atoms with Crippen molar-refractivity contribution in [2.45, 2.75) is 126 Å². The predicted molar refractivity (Wildman–Crippen MR) is 184 cm³/mol. The molecule has 0 aliphatic heterocycles. The zero-order valence-corrected chi connectivity index (χ0v) is 30.1. The molecule has 2 aromatic heterocycles. The minimum absolute atomic E-state index is 0.0503. The van der Waals surface area contributed by atoms with E-state index < -0.39 is 12.1 Å². The van der Waals surface area contributed by atoms with Gasteiger partial charge in [0.2, 0.25) is 0 Å². The van der Waals surface area contributed by atoms with Crippen molar-refractivity contribution in [3.05, 3.63) is 41.4 Å². The van der Waals surface area contributed by atoms with Crippen LogP contribution < -0.4 is 0 Å². The second-order valence-electron chi connectivity index (χ2n) is 16.9. The van der Waals surface area contributed by atoms with Gasteiger partial charge in [0.15, 0.2) is 0 Å². The Morgan fingerprint density at radius 1 is 1.07 bits per heavy atom. The van der Waals surface area contributed by atoms with Gasteiger partial charge in [-0.3, -0.25) is 9.48 Å². The number of hydrogen-bond acceptors (Lipinski definition) is 4. The summed E-state index contributed by atoms with van der Waals surface area (Å²) in [4.78, 5) is 14.6. The van der Waals surface area contributed by atoms with E-state index in [0.29, 0.717) is 23.7 Å². The van der Waals surface area contributed by atoms with Crippen LogP contribution in [0.2, 0.25) is 0 Å². The van der Waals surface area contributed by atoms with Crippen LogP contribution in [0, 0.1) is 56.7 Å². The number of carbonyl (C=O) groups is 1. The molecule has 0 bridgehead atoms. The van der Waals surface area contributed by atoms with E-state index in [9.17, 15) is 15.0 Å². The second-order valence-corrected chi connectivity index (χ2v) is 17.9. The molecule has 2 unspecified atom stereocenters. The number of allylic oxidation sites excluding steroid dienone is 2. The Balaban J connectivity index is 1.48. The van der Waals surface area contributed by atoms with Crippen LogP contribution in [0.4, 0.5) is 0 Å². The number of carboxylic acid groups (broad SMARTS) is 1. The van der Waals surface area contributed by atoms with E-state index in [1.54, 1.807) is 16.9 Å². The number of aliphatic hydroxyl groups is 1. The first-order chi connectivity index (χ1) is 21.2. The summed E-state index contributed by atoms with van der Waals surface area (Å²) >= 11 is 1.73. The van der Waals surface area contributed by atoms with Crippen molar-refractivity contribution in [1.82, 2.24) is 9.78 Å². The van der Waals surface area contributed by atoms with Gasteiger partial charge in [0.1, 0.15) is 0 Å². The highest BCUT2D eigenvalue weighted by Gasteiger charge is 2.70. The van der Waals surface area contributed by atoms with Crippen LogP contribution in [0.5, 0.6) is 0 Å². The average molecular weight is 635 g/mol. The first-order valence-electron chi connectivity index (χ1n) is 17.8. The average Bonchev–Trinajstić information content (AvgIpc) is 3.71. The molecule has 11 atom stereocenters. The third-order valence-corrected chi connectivity index (χ3v) is 16.4. The fourth-order valence-electron chi connectivity index (χ4n) is 12.2. The summed E-state index contributed by atoms with van der Waals surface area (Å²) in [6.07, 6.45) is 11.8. The molecule has 248 valence electrons. The van der Waals surface area contributed by atoms with E-state index in [1.807, 2.05) is 6.20 Å². The van der Waals surface area contributed by atoms with Crippen molar-refractivity contribution in [3.63, 3.8) is 0 Å². The molecule has 0 aromatic carbocycles. The molecule has 6 heteroatoms. The molecule has 2 N–H and O–H groups in total. The van der Waals surface area contributed by atoms with E-state index in [4.69, 9.17) is 5.10 Å². The summed E-state index contributed by atoms with van der Waals surface area (Å²) in [5.41, 5.74) is 1.74. The Morgan fingerprint density at radius 2 is 1.80 bits per heavy atom. The lowest BCUT2D eigenvalue weighted by Crippen LogP contribution is -2.65. The quantitative estimate of drug-likeness (QED) is 0.297. The molecule has 0 amide bonds. The Hall–Kier alpha value is -1.92. The molecule has 4 aliphatic rings. The Kier molecular flexibility index (Phi) is 8.12. The number of hydrogen-bond donors (Lipinski definition) is 2. The van der Waals surface area contributed by atoms with Crippen molar-refractivity contribution in [1.29, 1.82) is 0 Å². The highest BCUT2D eigenvalue weighted by Crippen LogP contribution is 2.75. The molecule has 5 nitrogen and oxygen atoms in total. The monoisotopic (exact) mass is 634 g/mol. The lowest BCUT2D eigenvalue weighted by molar-refractivity contribution is -0.202. The lowest BCUT2D eigenvalue weighted by atomic mass is 9.34. The van der Waals surface area contributed by atoms with E-state index in [2.05, 4.69) is 96.7 Å². The van der Waals surface area contributed by atoms with Gasteiger partial charge in [-0.15, -0.1) is 11.3 Å². The highest BCUT2D eigenvalue weighted by molar-refractivity contribution is 7.13. The van der Waals surface area contributed by atoms with E-state index in [-0.39, 0.29) is 39.0 Å². The molecule has 0 saturated heterocycles. The van der Waals surface area contributed by atoms with Crippen LogP contribution in [-0.2, 0) is 4.79 Å². The number of fused-ring (bicyclic) bond motifs is 5. The summed E-state index contributed by atoms with van der Waals surface area (Å²) in [6, 6.07) is 6.23. The highest BCUT2D eigenvalue weighted by atomic mass is 32.1. The molecule has 6 rings (SSSR count). The van der Waals surface area contributed by atoms with E-state index in [1.165, 1.54) is 4.88 Å². The normalized spacial score (nSPS) is 43.6. The molecule has 4 aliphatic carbocycles. The Labute approximate surface area is 275 Å². The topological polar surface area (TPSA) is 75.3 Å². The summed E-state index contributed by atoms with van der Waals surface area (Å²) in [7, 11) is 0. The lowest BCUT2D eigenvalue weighted by Gasteiger charge is -2.70. The van der Waals surface area contributed by atoms with E-state index in [0.717, 1.165) is 57.1 Å². The summed E-state index contributed by atoms with van der Waals surface area (Å²) in [5, 5.41) is 30.3. The SMILES string of the molecule is CCC1(C)C2CC[C@H]3C(=CC[C@@]4(C)[C@H](C(=O)O)[C@@](C)([C@H](C)C(C)C)CC[C@]34C)[C@@]2(CC)C[C@@H](n2nccc2-c2cccs2)[C@@H]1O. The fourth-order valence-corrected chi connectivity index (χ4v) is 13.0. The number of nitrogens with zero attached hydrogens (tertiary/aromatic N) is 2. The number of aliphatic hydroxyl groups excluding tert-OH is 1.